The molecule has 0 aromatic heterocycles. The quantitative estimate of drug-likeness (QED) is 0.829. The summed E-state index contributed by atoms with van der Waals surface area (Å²) in [5, 5.41) is 17.8. The zero-order valence-corrected chi connectivity index (χ0v) is 9.06. The van der Waals surface area contributed by atoms with Gasteiger partial charge in [0.15, 0.2) is 6.10 Å². The Balaban J connectivity index is 2.74. The molecule has 1 rings (SSSR count). The normalized spacial score (nSPS) is 13.5. The first-order chi connectivity index (χ1) is 7.95. The van der Waals surface area contributed by atoms with Crippen LogP contribution >= 0.6 is 0 Å². The summed E-state index contributed by atoms with van der Waals surface area (Å²) in [5.74, 6) is 0. The minimum Gasteiger partial charge on any atom is -0.395 e. The second-order valence-corrected chi connectivity index (χ2v) is 3.56. The highest BCUT2D eigenvalue weighted by atomic mass is 19.4. The second kappa shape index (κ2) is 5.88. The van der Waals surface area contributed by atoms with Crippen LogP contribution in [0.2, 0.25) is 0 Å². The molecule has 6 heteroatoms. The van der Waals surface area contributed by atoms with E-state index in [4.69, 9.17) is 10.2 Å². The Morgan fingerprint density at radius 1 is 1.18 bits per heavy atom. The van der Waals surface area contributed by atoms with Crippen molar-refractivity contribution < 1.29 is 23.4 Å². The monoisotopic (exact) mass is 249 g/mol. The van der Waals surface area contributed by atoms with Crippen molar-refractivity contribution in [1.82, 2.24) is 0 Å². The fraction of sp³-hybridized carbons (Fsp3) is 0.455. The van der Waals surface area contributed by atoms with E-state index in [0.29, 0.717) is 5.69 Å². The Morgan fingerprint density at radius 2 is 1.76 bits per heavy atom. The summed E-state index contributed by atoms with van der Waals surface area (Å²) in [4.78, 5) is 1.29. The predicted octanol–water partition coefficient (Wildman–Crippen LogP) is 1.41. The van der Waals surface area contributed by atoms with Gasteiger partial charge < -0.3 is 15.1 Å². The Labute approximate surface area is 97.1 Å². The third-order valence-electron chi connectivity index (χ3n) is 2.26. The molecular weight excluding hydrogens is 235 g/mol. The number of rotatable bonds is 5. The van der Waals surface area contributed by atoms with E-state index in [1.165, 1.54) is 4.90 Å². The molecule has 2 N–H and O–H groups in total. The fourth-order valence-corrected chi connectivity index (χ4v) is 1.40. The van der Waals surface area contributed by atoms with Crippen LogP contribution in [0.15, 0.2) is 30.3 Å². The average Bonchev–Trinajstić information content (AvgIpc) is 2.28. The van der Waals surface area contributed by atoms with Crippen LogP contribution in [0.3, 0.4) is 0 Å². The molecule has 0 bridgehead atoms. The zero-order chi connectivity index (χ0) is 12.9. The highest BCUT2D eigenvalue weighted by Gasteiger charge is 2.39. The van der Waals surface area contributed by atoms with Crippen LogP contribution in [0.5, 0.6) is 0 Å². The highest BCUT2D eigenvalue weighted by Crippen LogP contribution is 2.22. The topological polar surface area (TPSA) is 43.7 Å². The van der Waals surface area contributed by atoms with Crippen molar-refractivity contribution in [2.24, 2.45) is 0 Å². The van der Waals surface area contributed by atoms with Crippen molar-refractivity contribution in [3.63, 3.8) is 0 Å². The zero-order valence-electron chi connectivity index (χ0n) is 9.06. The molecule has 0 heterocycles. The molecule has 0 amide bonds. The summed E-state index contributed by atoms with van der Waals surface area (Å²) in [6.45, 7) is -0.829. The van der Waals surface area contributed by atoms with Gasteiger partial charge in [-0.2, -0.15) is 13.2 Å². The van der Waals surface area contributed by atoms with Crippen LogP contribution in [0.1, 0.15) is 0 Å². The van der Waals surface area contributed by atoms with Gasteiger partial charge in [-0.25, -0.2) is 0 Å². The number of alkyl halides is 3. The van der Waals surface area contributed by atoms with Crippen molar-refractivity contribution in [3.05, 3.63) is 30.3 Å². The van der Waals surface area contributed by atoms with Gasteiger partial charge in [0.05, 0.1) is 13.2 Å². The largest absolute Gasteiger partial charge is 0.416 e. The van der Waals surface area contributed by atoms with E-state index in [9.17, 15) is 13.2 Å². The first-order valence-corrected chi connectivity index (χ1v) is 5.11. The molecule has 0 saturated carbocycles. The van der Waals surface area contributed by atoms with Crippen LogP contribution in [0, 0.1) is 0 Å². The van der Waals surface area contributed by atoms with Crippen molar-refractivity contribution in [1.29, 1.82) is 0 Å². The summed E-state index contributed by atoms with van der Waals surface area (Å²) in [5.41, 5.74) is 0.532. The predicted molar refractivity (Wildman–Crippen MR) is 57.8 cm³/mol. The lowest BCUT2D eigenvalue weighted by molar-refractivity contribution is -0.200. The molecule has 0 saturated heterocycles. The number of para-hydroxylation sites is 1. The van der Waals surface area contributed by atoms with Crippen molar-refractivity contribution >= 4 is 5.69 Å². The molecule has 1 aromatic carbocycles. The second-order valence-electron chi connectivity index (χ2n) is 3.56. The van der Waals surface area contributed by atoms with E-state index < -0.39 is 18.8 Å². The molecular formula is C11H14F3NO2. The molecule has 0 radical (unpaired) electrons. The Morgan fingerprint density at radius 3 is 2.24 bits per heavy atom. The maximum absolute atomic E-state index is 12.2. The first-order valence-electron chi connectivity index (χ1n) is 5.11. The fourth-order valence-electron chi connectivity index (χ4n) is 1.40. The van der Waals surface area contributed by atoms with E-state index in [0.717, 1.165) is 0 Å². The maximum Gasteiger partial charge on any atom is 0.416 e. The number of anilines is 1. The molecule has 1 atom stereocenters. The van der Waals surface area contributed by atoms with Gasteiger partial charge in [0.25, 0.3) is 0 Å². The summed E-state index contributed by atoms with van der Waals surface area (Å²) >= 11 is 0. The van der Waals surface area contributed by atoms with E-state index in [2.05, 4.69) is 0 Å². The molecule has 0 aliphatic carbocycles. The van der Waals surface area contributed by atoms with Gasteiger partial charge in [-0.15, -0.1) is 0 Å². The minimum atomic E-state index is -4.65. The summed E-state index contributed by atoms with van der Waals surface area (Å²) in [7, 11) is 0. The molecule has 96 valence electrons. The van der Waals surface area contributed by atoms with Crippen molar-refractivity contribution in [3.8, 4) is 0 Å². The molecule has 0 aliphatic rings. The Bertz CT molecular complexity index is 329. The van der Waals surface area contributed by atoms with Gasteiger partial charge in [0.2, 0.25) is 0 Å². The van der Waals surface area contributed by atoms with E-state index in [-0.39, 0.29) is 13.2 Å². The number of halogens is 3. The summed E-state index contributed by atoms with van der Waals surface area (Å²) in [6, 6.07) is 8.34. The molecule has 17 heavy (non-hydrogen) atoms. The van der Waals surface area contributed by atoms with Gasteiger partial charge in [0.1, 0.15) is 0 Å². The molecule has 0 aliphatic heterocycles. The lowest BCUT2D eigenvalue weighted by atomic mass is 10.2. The molecule has 3 nitrogen and oxygen atoms in total. The van der Waals surface area contributed by atoms with Crippen molar-refractivity contribution in [2.75, 3.05) is 24.6 Å². The number of hydrogen-bond donors (Lipinski definition) is 2. The van der Waals surface area contributed by atoms with Gasteiger partial charge >= 0.3 is 6.18 Å². The van der Waals surface area contributed by atoms with Gasteiger partial charge in [-0.1, -0.05) is 18.2 Å². The van der Waals surface area contributed by atoms with E-state index in [1.54, 1.807) is 30.3 Å². The van der Waals surface area contributed by atoms with Crippen LogP contribution in [-0.2, 0) is 0 Å². The van der Waals surface area contributed by atoms with Crippen LogP contribution in [0.25, 0.3) is 0 Å². The third-order valence-corrected chi connectivity index (χ3v) is 2.26. The maximum atomic E-state index is 12.2. The number of aliphatic hydroxyl groups excluding tert-OH is 2. The van der Waals surface area contributed by atoms with Gasteiger partial charge in [0, 0.05) is 12.2 Å². The van der Waals surface area contributed by atoms with Crippen LogP contribution < -0.4 is 4.90 Å². The van der Waals surface area contributed by atoms with Gasteiger partial charge in [-0.05, 0) is 12.1 Å². The SMILES string of the molecule is OCCN(CC(O)C(F)(F)F)c1ccccc1. The smallest absolute Gasteiger partial charge is 0.395 e. The summed E-state index contributed by atoms with van der Waals surface area (Å²) < 4.78 is 36.7. The first kappa shape index (κ1) is 13.8. The Kier molecular flexibility index (Phi) is 4.77. The molecule has 1 aromatic rings. The molecule has 0 fully saturated rings. The number of nitrogens with zero attached hydrogens (tertiary/aromatic N) is 1. The molecule has 1 unspecified atom stereocenters. The van der Waals surface area contributed by atoms with Crippen LogP contribution in [0.4, 0.5) is 18.9 Å². The highest BCUT2D eigenvalue weighted by molar-refractivity contribution is 5.46. The van der Waals surface area contributed by atoms with E-state index >= 15 is 0 Å². The number of hydrogen-bond acceptors (Lipinski definition) is 3. The van der Waals surface area contributed by atoms with Gasteiger partial charge in [-0.3, -0.25) is 0 Å². The standard InChI is InChI=1S/C11H14F3NO2/c12-11(13,14)10(17)8-15(6-7-16)9-4-2-1-3-5-9/h1-5,10,16-17H,6-8H2. The lowest BCUT2D eigenvalue weighted by Crippen LogP contribution is -2.42. The molecule has 0 spiro atoms. The Hall–Kier alpha value is -1.27. The number of benzene rings is 1. The van der Waals surface area contributed by atoms with Crippen molar-refractivity contribution in [2.45, 2.75) is 12.3 Å². The minimum absolute atomic E-state index is 0.0388. The average molecular weight is 249 g/mol. The number of aliphatic hydroxyl groups is 2. The third kappa shape index (κ3) is 4.24. The lowest BCUT2D eigenvalue weighted by Gasteiger charge is -2.27. The summed E-state index contributed by atoms with van der Waals surface area (Å²) in [6.07, 6.45) is -7.07. The van der Waals surface area contributed by atoms with E-state index in [1.807, 2.05) is 0 Å². The van der Waals surface area contributed by atoms with Crippen LogP contribution in [-0.4, -0.2) is 42.2 Å².